The number of nitrogens with zero attached hydrogens (tertiary/aromatic N) is 2. The standard InChI is InChI=1S/C20H28N4O/c1-20(2,3)15-22-18-5-4-10-21-19(18)23-16-6-8-17(9-7-16)24-11-13-25-14-12-24/h4-10,22H,11-15H2,1-3H3,(H,21,23). The van der Waals surface area contributed by atoms with Gasteiger partial charge in [0.15, 0.2) is 5.82 Å². The molecule has 25 heavy (non-hydrogen) atoms. The second-order valence-corrected chi connectivity index (χ2v) is 7.59. The van der Waals surface area contributed by atoms with Crippen LogP contribution in [0.1, 0.15) is 20.8 Å². The van der Waals surface area contributed by atoms with Crippen molar-refractivity contribution >= 4 is 22.9 Å². The van der Waals surface area contributed by atoms with Gasteiger partial charge in [0.05, 0.1) is 18.9 Å². The van der Waals surface area contributed by atoms with Crippen LogP contribution in [0, 0.1) is 5.41 Å². The van der Waals surface area contributed by atoms with Gasteiger partial charge >= 0.3 is 0 Å². The van der Waals surface area contributed by atoms with Crippen molar-refractivity contribution in [3.63, 3.8) is 0 Å². The molecular weight excluding hydrogens is 312 g/mol. The normalized spacial score (nSPS) is 15.1. The Morgan fingerprint density at radius 2 is 1.80 bits per heavy atom. The first-order valence-electron chi connectivity index (χ1n) is 8.90. The summed E-state index contributed by atoms with van der Waals surface area (Å²) >= 11 is 0. The van der Waals surface area contributed by atoms with Gasteiger partial charge < -0.3 is 20.3 Å². The van der Waals surface area contributed by atoms with Crippen LogP contribution in [0.4, 0.5) is 22.9 Å². The van der Waals surface area contributed by atoms with E-state index in [9.17, 15) is 0 Å². The molecule has 1 aromatic carbocycles. The van der Waals surface area contributed by atoms with Gasteiger partial charge in [-0.25, -0.2) is 4.98 Å². The fraction of sp³-hybridized carbons (Fsp3) is 0.450. The van der Waals surface area contributed by atoms with Crippen molar-refractivity contribution in [2.45, 2.75) is 20.8 Å². The molecule has 1 aromatic heterocycles. The molecule has 1 aliphatic heterocycles. The average molecular weight is 340 g/mol. The quantitative estimate of drug-likeness (QED) is 0.857. The van der Waals surface area contributed by atoms with Crippen molar-refractivity contribution in [3.8, 4) is 0 Å². The Kier molecular flexibility index (Phi) is 5.43. The van der Waals surface area contributed by atoms with Crippen molar-refractivity contribution in [1.82, 2.24) is 4.98 Å². The summed E-state index contributed by atoms with van der Waals surface area (Å²) in [4.78, 5) is 6.84. The van der Waals surface area contributed by atoms with Crippen molar-refractivity contribution in [1.29, 1.82) is 0 Å². The molecule has 2 N–H and O–H groups in total. The minimum atomic E-state index is 0.215. The molecule has 0 radical (unpaired) electrons. The molecule has 5 heteroatoms. The van der Waals surface area contributed by atoms with Crippen LogP contribution in [-0.4, -0.2) is 37.8 Å². The first-order chi connectivity index (χ1) is 12.0. The molecule has 0 saturated carbocycles. The number of ether oxygens (including phenoxy) is 1. The molecule has 2 aromatic rings. The zero-order chi connectivity index (χ0) is 17.7. The lowest BCUT2D eigenvalue weighted by molar-refractivity contribution is 0.122. The van der Waals surface area contributed by atoms with Crippen LogP contribution >= 0.6 is 0 Å². The van der Waals surface area contributed by atoms with Crippen LogP contribution in [0.25, 0.3) is 0 Å². The highest BCUT2D eigenvalue weighted by Gasteiger charge is 2.13. The number of rotatable bonds is 5. The predicted octanol–water partition coefficient (Wildman–Crippen LogP) is 4.12. The third kappa shape index (κ3) is 5.10. The summed E-state index contributed by atoms with van der Waals surface area (Å²) in [6, 6.07) is 12.5. The molecule has 2 heterocycles. The van der Waals surface area contributed by atoms with E-state index in [0.29, 0.717) is 0 Å². The molecule has 134 valence electrons. The largest absolute Gasteiger partial charge is 0.382 e. The zero-order valence-electron chi connectivity index (χ0n) is 15.4. The summed E-state index contributed by atoms with van der Waals surface area (Å²) in [5.74, 6) is 0.853. The van der Waals surface area contributed by atoms with Crippen LogP contribution < -0.4 is 15.5 Å². The number of morpholine rings is 1. The minimum absolute atomic E-state index is 0.215. The van der Waals surface area contributed by atoms with Crippen molar-refractivity contribution < 1.29 is 4.74 Å². The Morgan fingerprint density at radius 3 is 2.48 bits per heavy atom. The van der Waals surface area contributed by atoms with Gasteiger partial charge in [0.2, 0.25) is 0 Å². The van der Waals surface area contributed by atoms with Crippen LogP contribution in [0.5, 0.6) is 0 Å². The number of hydrogen-bond donors (Lipinski definition) is 2. The lowest BCUT2D eigenvalue weighted by Gasteiger charge is -2.29. The molecule has 0 bridgehead atoms. The van der Waals surface area contributed by atoms with E-state index in [1.165, 1.54) is 5.69 Å². The number of pyridine rings is 1. The fourth-order valence-corrected chi connectivity index (χ4v) is 2.72. The summed E-state index contributed by atoms with van der Waals surface area (Å²) in [6.07, 6.45) is 1.81. The Morgan fingerprint density at radius 1 is 1.08 bits per heavy atom. The molecule has 0 amide bonds. The van der Waals surface area contributed by atoms with Gasteiger partial charge in [-0.05, 0) is 41.8 Å². The van der Waals surface area contributed by atoms with Crippen molar-refractivity contribution in [2.24, 2.45) is 5.41 Å². The Balaban J connectivity index is 1.67. The number of anilines is 4. The molecule has 1 fully saturated rings. The Labute approximate surface area is 150 Å². The number of hydrogen-bond acceptors (Lipinski definition) is 5. The van der Waals surface area contributed by atoms with Gasteiger partial charge in [-0.1, -0.05) is 20.8 Å². The smallest absolute Gasteiger partial charge is 0.153 e. The fourth-order valence-electron chi connectivity index (χ4n) is 2.72. The Bertz CT molecular complexity index is 673. The number of nitrogens with one attached hydrogen (secondary N) is 2. The van der Waals surface area contributed by atoms with Gasteiger partial charge in [0, 0.05) is 37.2 Å². The molecule has 1 saturated heterocycles. The third-order valence-electron chi connectivity index (χ3n) is 4.12. The van der Waals surface area contributed by atoms with E-state index in [1.807, 2.05) is 12.3 Å². The van der Waals surface area contributed by atoms with Gasteiger partial charge in [-0.15, -0.1) is 0 Å². The molecule has 1 aliphatic rings. The highest BCUT2D eigenvalue weighted by atomic mass is 16.5. The molecule has 3 rings (SSSR count). The summed E-state index contributed by atoms with van der Waals surface area (Å²) in [5.41, 5.74) is 3.51. The molecule has 0 atom stereocenters. The summed E-state index contributed by atoms with van der Waals surface area (Å²) < 4.78 is 5.41. The van der Waals surface area contributed by atoms with Gasteiger partial charge in [-0.2, -0.15) is 0 Å². The maximum atomic E-state index is 5.41. The lowest BCUT2D eigenvalue weighted by Crippen LogP contribution is -2.36. The van der Waals surface area contributed by atoms with E-state index in [4.69, 9.17) is 4.74 Å². The topological polar surface area (TPSA) is 49.4 Å². The monoisotopic (exact) mass is 340 g/mol. The second kappa shape index (κ2) is 7.74. The van der Waals surface area contributed by atoms with Gasteiger partial charge in [-0.3, -0.25) is 0 Å². The Hall–Kier alpha value is -2.27. The maximum absolute atomic E-state index is 5.41. The van der Waals surface area contributed by atoms with Crippen LogP contribution in [0.2, 0.25) is 0 Å². The molecular formula is C20H28N4O. The number of aromatic nitrogens is 1. The van der Waals surface area contributed by atoms with Gasteiger partial charge in [0.1, 0.15) is 0 Å². The summed E-state index contributed by atoms with van der Waals surface area (Å²) in [5, 5.41) is 6.91. The highest BCUT2D eigenvalue weighted by Crippen LogP contribution is 2.26. The SMILES string of the molecule is CC(C)(C)CNc1cccnc1Nc1ccc(N2CCOCC2)cc1. The first kappa shape index (κ1) is 17.5. The van der Waals surface area contributed by atoms with Crippen LogP contribution in [0.3, 0.4) is 0 Å². The maximum Gasteiger partial charge on any atom is 0.153 e. The second-order valence-electron chi connectivity index (χ2n) is 7.59. The number of benzene rings is 1. The van der Waals surface area contributed by atoms with E-state index in [1.54, 1.807) is 0 Å². The van der Waals surface area contributed by atoms with Crippen LogP contribution in [0.15, 0.2) is 42.6 Å². The van der Waals surface area contributed by atoms with E-state index in [2.05, 4.69) is 71.6 Å². The molecule has 5 nitrogen and oxygen atoms in total. The molecule has 0 aliphatic carbocycles. The third-order valence-corrected chi connectivity index (χ3v) is 4.12. The zero-order valence-corrected chi connectivity index (χ0v) is 15.4. The highest BCUT2D eigenvalue weighted by molar-refractivity contribution is 5.71. The van der Waals surface area contributed by atoms with Crippen LogP contribution in [-0.2, 0) is 4.74 Å². The van der Waals surface area contributed by atoms with Crippen molar-refractivity contribution in [2.75, 3.05) is 48.4 Å². The van der Waals surface area contributed by atoms with E-state index in [0.717, 1.165) is 50.0 Å². The molecule has 0 spiro atoms. The summed E-state index contributed by atoms with van der Waals surface area (Å²) in [6.45, 7) is 11.0. The van der Waals surface area contributed by atoms with Gasteiger partial charge in [0.25, 0.3) is 0 Å². The van der Waals surface area contributed by atoms with E-state index >= 15 is 0 Å². The lowest BCUT2D eigenvalue weighted by atomic mass is 9.97. The van der Waals surface area contributed by atoms with E-state index < -0.39 is 0 Å². The minimum Gasteiger partial charge on any atom is -0.382 e. The van der Waals surface area contributed by atoms with Crippen molar-refractivity contribution in [3.05, 3.63) is 42.6 Å². The summed E-state index contributed by atoms with van der Waals surface area (Å²) in [7, 11) is 0. The molecule has 0 unspecified atom stereocenters. The first-order valence-corrected chi connectivity index (χ1v) is 8.90. The average Bonchev–Trinajstić information content (AvgIpc) is 2.62. The predicted molar refractivity (Wildman–Crippen MR) is 105 cm³/mol. The van der Waals surface area contributed by atoms with E-state index in [-0.39, 0.29) is 5.41 Å².